The molecule has 0 saturated heterocycles. The van der Waals surface area contributed by atoms with Gasteiger partial charge in [0.25, 0.3) is 6.43 Å². The molecule has 15 heavy (non-hydrogen) atoms. The van der Waals surface area contributed by atoms with Crippen LogP contribution in [0.2, 0.25) is 0 Å². The van der Waals surface area contributed by atoms with E-state index in [1.807, 2.05) is 0 Å². The highest BCUT2D eigenvalue weighted by Gasteiger charge is 2.35. The first-order valence-electron chi connectivity index (χ1n) is 4.80. The summed E-state index contributed by atoms with van der Waals surface area (Å²) in [7, 11) is 0. The van der Waals surface area contributed by atoms with Crippen molar-refractivity contribution in [1.29, 1.82) is 0 Å². The van der Waals surface area contributed by atoms with Crippen LogP contribution in [-0.2, 0) is 5.54 Å². The van der Waals surface area contributed by atoms with Crippen LogP contribution < -0.4 is 5.32 Å². The van der Waals surface area contributed by atoms with Gasteiger partial charge in [-0.25, -0.2) is 13.2 Å². The highest BCUT2D eigenvalue weighted by molar-refractivity contribution is 5.25. The molecule has 0 heterocycles. The van der Waals surface area contributed by atoms with E-state index in [-0.39, 0.29) is 5.56 Å². The van der Waals surface area contributed by atoms with Gasteiger partial charge in [0.05, 0.1) is 0 Å². The van der Waals surface area contributed by atoms with Crippen LogP contribution in [0, 0.1) is 5.82 Å². The van der Waals surface area contributed by atoms with E-state index in [1.54, 1.807) is 6.92 Å². The summed E-state index contributed by atoms with van der Waals surface area (Å²) in [6.07, 6.45) is -2.58. The maximum absolute atomic E-state index is 12.9. The van der Waals surface area contributed by atoms with Crippen LogP contribution in [-0.4, -0.2) is 13.0 Å². The second kappa shape index (κ2) is 4.66. The van der Waals surface area contributed by atoms with Gasteiger partial charge in [0.2, 0.25) is 0 Å². The summed E-state index contributed by atoms with van der Waals surface area (Å²) >= 11 is 0. The quantitative estimate of drug-likeness (QED) is 0.817. The van der Waals surface area contributed by atoms with Gasteiger partial charge < -0.3 is 5.32 Å². The number of nitrogens with one attached hydrogen (secondary N) is 1. The van der Waals surface area contributed by atoms with E-state index in [9.17, 15) is 13.2 Å². The van der Waals surface area contributed by atoms with Crippen LogP contribution in [0.5, 0.6) is 0 Å². The Kier molecular flexibility index (Phi) is 3.74. The molecule has 0 saturated carbocycles. The Morgan fingerprint density at radius 2 is 2.07 bits per heavy atom. The normalized spacial score (nSPS) is 15.3. The maximum atomic E-state index is 12.9. The van der Waals surface area contributed by atoms with Crippen LogP contribution in [0.1, 0.15) is 19.4 Å². The lowest BCUT2D eigenvalue weighted by molar-refractivity contribution is 0.0393. The minimum atomic E-state index is -2.58. The molecule has 1 aromatic rings. The number of benzene rings is 1. The minimum absolute atomic E-state index is 0.263. The van der Waals surface area contributed by atoms with Gasteiger partial charge in [0, 0.05) is 0 Å². The van der Waals surface area contributed by atoms with Gasteiger partial charge in [-0.2, -0.15) is 0 Å². The van der Waals surface area contributed by atoms with Crippen molar-refractivity contribution in [1.82, 2.24) is 5.32 Å². The van der Waals surface area contributed by atoms with E-state index in [4.69, 9.17) is 0 Å². The largest absolute Gasteiger partial charge is 0.303 e. The Balaban J connectivity index is 3.09. The summed E-state index contributed by atoms with van der Waals surface area (Å²) in [5.74, 6) is -0.503. The lowest BCUT2D eigenvalue weighted by atomic mass is 9.92. The molecule has 0 bridgehead atoms. The fraction of sp³-hybridized carbons (Fsp3) is 0.455. The minimum Gasteiger partial charge on any atom is -0.303 e. The third-order valence-corrected chi connectivity index (χ3v) is 2.40. The summed E-state index contributed by atoms with van der Waals surface area (Å²) in [5.41, 5.74) is -1.23. The summed E-state index contributed by atoms with van der Waals surface area (Å²) in [5, 5.41) is 2.69. The molecular weight excluding hydrogens is 203 g/mol. The Bertz CT molecular complexity index is 327. The zero-order chi connectivity index (χ0) is 11.5. The predicted molar refractivity (Wildman–Crippen MR) is 53.4 cm³/mol. The van der Waals surface area contributed by atoms with E-state index in [2.05, 4.69) is 5.32 Å². The van der Waals surface area contributed by atoms with Gasteiger partial charge in [0.15, 0.2) is 0 Å². The molecule has 4 heteroatoms. The topological polar surface area (TPSA) is 12.0 Å². The van der Waals surface area contributed by atoms with Crippen molar-refractivity contribution in [3.8, 4) is 0 Å². The molecule has 1 atom stereocenters. The average Bonchev–Trinajstić information content (AvgIpc) is 2.17. The third kappa shape index (κ3) is 2.50. The zero-order valence-electron chi connectivity index (χ0n) is 8.73. The molecule has 1 unspecified atom stereocenters. The lowest BCUT2D eigenvalue weighted by Crippen LogP contribution is -2.45. The highest BCUT2D eigenvalue weighted by Crippen LogP contribution is 2.28. The van der Waals surface area contributed by atoms with Crippen molar-refractivity contribution in [3.05, 3.63) is 35.6 Å². The molecule has 0 spiro atoms. The van der Waals surface area contributed by atoms with Gasteiger partial charge in [0.1, 0.15) is 11.4 Å². The summed E-state index contributed by atoms with van der Waals surface area (Å²) < 4.78 is 38.7. The molecule has 0 radical (unpaired) electrons. The fourth-order valence-electron chi connectivity index (χ4n) is 1.48. The van der Waals surface area contributed by atoms with E-state index in [0.29, 0.717) is 6.54 Å². The van der Waals surface area contributed by atoms with E-state index in [0.717, 1.165) is 6.07 Å². The zero-order valence-corrected chi connectivity index (χ0v) is 8.73. The lowest BCUT2D eigenvalue weighted by Gasteiger charge is -2.30. The van der Waals surface area contributed by atoms with Crippen molar-refractivity contribution in [3.63, 3.8) is 0 Å². The highest BCUT2D eigenvalue weighted by atomic mass is 19.3. The fourth-order valence-corrected chi connectivity index (χ4v) is 1.48. The average molecular weight is 217 g/mol. The Morgan fingerprint density at radius 1 is 1.40 bits per heavy atom. The molecule has 0 aromatic heterocycles. The monoisotopic (exact) mass is 217 g/mol. The molecule has 0 aliphatic carbocycles. The molecule has 0 amide bonds. The molecule has 0 aliphatic rings. The van der Waals surface area contributed by atoms with E-state index < -0.39 is 17.8 Å². The van der Waals surface area contributed by atoms with E-state index >= 15 is 0 Å². The number of rotatable bonds is 4. The second-order valence-corrected chi connectivity index (χ2v) is 3.54. The van der Waals surface area contributed by atoms with Crippen LogP contribution >= 0.6 is 0 Å². The molecule has 0 fully saturated rings. The number of hydrogen-bond acceptors (Lipinski definition) is 1. The van der Waals surface area contributed by atoms with Crippen LogP contribution in [0.25, 0.3) is 0 Å². The van der Waals surface area contributed by atoms with Crippen LogP contribution in [0.15, 0.2) is 24.3 Å². The van der Waals surface area contributed by atoms with Crippen molar-refractivity contribution in [2.24, 2.45) is 0 Å². The summed E-state index contributed by atoms with van der Waals surface area (Å²) in [6, 6.07) is 5.30. The smallest absolute Gasteiger partial charge is 0.260 e. The molecule has 0 aliphatic heterocycles. The Morgan fingerprint density at radius 3 is 2.53 bits per heavy atom. The van der Waals surface area contributed by atoms with Gasteiger partial charge in [-0.3, -0.25) is 0 Å². The van der Waals surface area contributed by atoms with Crippen molar-refractivity contribution in [2.75, 3.05) is 6.54 Å². The standard InChI is InChI=1S/C11H14F3N/c1-3-15-11(2,10(13)14)8-5-4-6-9(12)7-8/h4-7,10,15H,3H2,1-2H3. The first-order chi connectivity index (χ1) is 7.00. The second-order valence-electron chi connectivity index (χ2n) is 3.54. The molecule has 1 rings (SSSR count). The SMILES string of the molecule is CCNC(C)(c1cccc(F)c1)C(F)F. The predicted octanol–water partition coefficient (Wildman–Crippen LogP) is 2.92. The van der Waals surface area contributed by atoms with Crippen LogP contribution in [0.4, 0.5) is 13.2 Å². The summed E-state index contributed by atoms with van der Waals surface area (Å²) in [4.78, 5) is 0. The number of alkyl halides is 2. The van der Waals surface area contributed by atoms with Crippen LogP contribution in [0.3, 0.4) is 0 Å². The van der Waals surface area contributed by atoms with Gasteiger partial charge in [-0.1, -0.05) is 19.1 Å². The number of halogens is 3. The maximum Gasteiger partial charge on any atom is 0.260 e. The molecule has 84 valence electrons. The first kappa shape index (κ1) is 12.0. The van der Waals surface area contributed by atoms with Gasteiger partial charge >= 0.3 is 0 Å². The summed E-state index contributed by atoms with van der Waals surface area (Å²) in [6.45, 7) is 3.51. The first-order valence-corrected chi connectivity index (χ1v) is 4.80. The van der Waals surface area contributed by atoms with Gasteiger partial charge in [-0.15, -0.1) is 0 Å². The van der Waals surface area contributed by atoms with Crippen molar-refractivity contribution >= 4 is 0 Å². The Hall–Kier alpha value is -1.03. The molecule has 1 N–H and O–H groups in total. The Labute approximate surface area is 87.3 Å². The number of hydrogen-bond donors (Lipinski definition) is 1. The third-order valence-electron chi connectivity index (χ3n) is 2.40. The van der Waals surface area contributed by atoms with Crippen molar-refractivity contribution < 1.29 is 13.2 Å². The van der Waals surface area contributed by atoms with Crippen molar-refractivity contribution in [2.45, 2.75) is 25.8 Å². The van der Waals surface area contributed by atoms with E-state index in [1.165, 1.54) is 25.1 Å². The molecule has 1 aromatic carbocycles. The molecule has 1 nitrogen and oxygen atoms in total. The van der Waals surface area contributed by atoms with Gasteiger partial charge in [-0.05, 0) is 31.2 Å². The molecular formula is C11H14F3N.